The number of ether oxygens (including phenoxy) is 1. The van der Waals surface area contributed by atoms with Gasteiger partial charge in [0.2, 0.25) is 0 Å². The summed E-state index contributed by atoms with van der Waals surface area (Å²) in [5.74, 6) is 0.234. The Morgan fingerprint density at radius 2 is 2.29 bits per heavy atom. The van der Waals surface area contributed by atoms with Gasteiger partial charge in [-0.1, -0.05) is 13.8 Å². The van der Waals surface area contributed by atoms with Crippen LogP contribution in [0.15, 0.2) is 18.7 Å². The van der Waals surface area contributed by atoms with Crippen LogP contribution < -0.4 is 0 Å². The SMILES string of the molecule is COC(=O)[C@H](CC(C)C)n1ccnc1. The Kier molecular flexibility index (Phi) is 3.68. The highest BCUT2D eigenvalue weighted by Crippen LogP contribution is 2.18. The number of hydrogen-bond donors (Lipinski definition) is 0. The van der Waals surface area contributed by atoms with Gasteiger partial charge in [-0.05, 0) is 12.3 Å². The van der Waals surface area contributed by atoms with E-state index >= 15 is 0 Å². The minimum absolute atomic E-state index is 0.211. The van der Waals surface area contributed by atoms with Crippen molar-refractivity contribution in [2.24, 2.45) is 5.92 Å². The highest BCUT2D eigenvalue weighted by molar-refractivity contribution is 5.74. The second-order valence-electron chi connectivity index (χ2n) is 3.68. The van der Waals surface area contributed by atoms with Crippen LogP contribution in [-0.4, -0.2) is 22.6 Å². The zero-order chi connectivity index (χ0) is 10.6. The number of nitrogens with zero attached hydrogens (tertiary/aromatic N) is 2. The first-order valence-electron chi connectivity index (χ1n) is 4.70. The molecule has 1 atom stereocenters. The molecule has 1 heterocycles. The molecule has 1 aromatic heterocycles. The molecule has 0 aliphatic carbocycles. The molecule has 4 nitrogen and oxygen atoms in total. The summed E-state index contributed by atoms with van der Waals surface area (Å²) in [7, 11) is 1.41. The maximum atomic E-state index is 11.5. The average molecular weight is 196 g/mol. The van der Waals surface area contributed by atoms with Crippen molar-refractivity contribution in [1.29, 1.82) is 0 Å². The molecule has 0 saturated carbocycles. The van der Waals surface area contributed by atoms with E-state index < -0.39 is 0 Å². The molecule has 4 heteroatoms. The average Bonchev–Trinajstić information content (AvgIpc) is 2.65. The Balaban J connectivity index is 2.77. The highest BCUT2D eigenvalue weighted by Gasteiger charge is 2.21. The highest BCUT2D eigenvalue weighted by atomic mass is 16.5. The maximum absolute atomic E-state index is 11.5. The fourth-order valence-corrected chi connectivity index (χ4v) is 1.38. The number of hydrogen-bond acceptors (Lipinski definition) is 3. The molecule has 0 N–H and O–H groups in total. The quantitative estimate of drug-likeness (QED) is 0.688. The third-order valence-corrected chi connectivity index (χ3v) is 2.05. The Morgan fingerprint density at radius 1 is 1.57 bits per heavy atom. The molecule has 0 aliphatic heterocycles. The number of esters is 1. The Morgan fingerprint density at radius 3 is 2.71 bits per heavy atom. The molecule has 1 aromatic rings. The van der Waals surface area contributed by atoms with Crippen LogP contribution in [0.25, 0.3) is 0 Å². The maximum Gasteiger partial charge on any atom is 0.328 e. The Bertz CT molecular complexity index is 280. The zero-order valence-electron chi connectivity index (χ0n) is 8.80. The van der Waals surface area contributed by atoms with Gasteiger partial charge in [-0.2, -0.15) is 0 Å². The van der Waals surface area contributed by atoms with E-state index in [0.717, 1.165) is 6.42 Å². The molecular weight excluding hydrogens is 180 g/mol. The van der Waals surface area contributed by atoms with Gasteiger partial charge in [0.05, 0.1) is 13.4 Å². The Hall–Kier alpha value is -1.32. The van der Waals surface area contributed by atoms with E-state index in [9.17, 15) is 4.79 Å². The number of imidazole rings is 1. The fraction of sp³-hybridized carbons (Fsp3) is 0.600. The van der Waals surface area contributed by atoms with Crippen LogP contribution in [0.2, 0.25) is 0 Å². The normalized spacial score (nSPS) is 12.9. The lowest BCUT2D eigenvalue weighted by atomic mass is 10.0. The van der Waals surface area contributed by atoms with Crippen LogP contribution in [0.4, 0.5) is 0 Å². The van der Waals surface area contributed by atoms with Crippen LogP contribution in [0.5, 0.6) is 0 Å². The number of methoxy groups -OCH3 is 1. The largest absolute Gasteiger partial charge is 0.467 e. The second kappa shape index (κ2) is 4.79. The molecule has 0 radical (unpaired) electrons. The van der Waals surface area contributed by atoms with Crippen molar-refractivity contribution in [3.05, 3.63) is 18.7 Å². The summed E-state index contributed by atoms with van der Waals surface area (Å²) in [4.78, 5) is 15.4. The lowest BCUT2D eigenvalue weighted by molar-refractivity contribution is -0.145. The van der Waals surface area contributed by atoms with Crippen molar-refractivity contribution in [2.75, 3.05) is 7.11 Å². The second-order valence-corrected chi connectivity index (χ2v) is 3.68. The van der Waals surface area contributed by atoms with Crippen LogP contribution in [0.1, 0.15) is 26.3 Å². The first-order chi connectivity index (χ1) is 6.65. The first-order valence-corrected chi connectivity index (χ1v) is 4.70. The molecule has 0 amide bonds. The zero-order valence-corrected chi connectivity index (χ0v) is 8.80. The summed E-state index contributed by atoms with van der Waals surface area (Å²) in [6, 6.07) is -0.248. The van der Waals surface area contributed by atoms with E-state index in [1.165, 1.54) is 7.11 Å². The van der Waals surface area contributed by atoms with Gasteiger partial charge in [0.25, 0.3) is 0 Å². The first kappa shape index (κ1) is 10.8. The molecule has 0 aliphatic rings. The molecule has 0 fully saturated rings. The van der Waals surface area contributed by atoms with Gasteiger partial charge in [-0.3, -0.25) is 0 Å². The molecular formula is C10H16N2O2. The summed E-state index contributed by atoms with van der Waals surface area (Å²) < 4.78 is 6.53. The molecule has 0 aromatic carbocycles. The van der Waals surface area contributed by atoms with Crippen molar-refractivity contribution < 1.29 is 9.53 Å². The lowest BCUT2D eigenvalue weighted by Crippen LogP contribution is -2.21. The van der Waals surface area contributed by atoms with E-state index in [1.807, 2.05) is 0 Å². The summed E-state index contributed by atoms with van der Waals surface area (Å²) in [6.45, 7) is 4.15. The number of aromatic nitrogens is 2. The molecule has 14 heavy (non-hydrogen) atoms. The fourth-order valence-electron chi connectivity index (χ4n) is 1.38. The third-order valence-electron chi connectivity index (χ3n) is 2.05. The molecule has 0 unspecified atom stereocenters. The molecule has 0 bridgehead atoms. The topological polar surface area (TPSA) is 44.1 Å². The molecule has 78 valence electrons. The minimum atomic E-state index is -0.248. The monoisotopic (exact) mass is 196 g/mol. The Labute approximate surface area is 83.9 Å². The molecule has 0 spiro atoms. The predicted molar refractivity (Wildman–Crippen MR) is 52.7 cm³/mol. The van der Waals surface area contributed by atoms with Gasteiger partial charge in [-0.15, -0.1) is 0 Å². The number of rotatable bonds is 4. The summed E-state index contributed by atoms with van der Waals surface area (Å²) >= 11 is 0. The van der Waals surface area contributed by atoms with Crippen LogP contribution in [0.3, 0.4) is 0 Å². The number of carbonyl (C=O) groups excluding carboxylic acids is 1. The molecule has 1 rings (SSSR count). The van der Waals surface area contributed by atoms with Gasteiger partial charge in [0, 0.05) is 12.4 Å². The van der Waals surface area contributed by atoms with Crippen LogP contribution in [0, 0.1) is 5.92 Å². The van der Waals surface area contributed by atoms with E-state index in [0.29, 0.717) is 5.92 Å². The van der Waals surface area contributed by atoms with Crippen LogP contribution >= 0.6 is 0 Å². The summed E-state index contributed by atoms with van der Waals surface area (Å²) in [6.07, 6.45) is 5.85. The van der Waals surface area contributed by atoms with E-state index in [1.54, 1.807) is 23.3 Å². The van der Waals surface area contributed by atoms with Gasteiger partial charge >= 0.3 is 5.97 Å². The smallest absolute Gasteiger partial charge is 0.328 e. The minimum Gasteiger partial charge on any atom is -0.467 e. The van der Waals surface area contributed by atoms with Crippen molar-refractivity contribution in [2.45, 2.75) is 26.3 Å². The van der Waals surface area contributed by atoms with Crippen LogP contribution in [-0.2, 0) is 9.53 Å². The molecule has 0 saturated heterocycles. The van der Waals surface area contributed by atoms with E-state index in [4.69, 9.17) is 4.74 Å². The lowest BCUT2D eigenvalue weighted by Gasteiger charge is -2.17. The third kappa shape index (κ3) is 2.58. The standard InChI is InChI=1S/C10H16N2O2/c1-8(2)6-9(10(13)14-3)12-5-4-11-7-12/h4-5,7-9H,6H2,1-3H3/t9-/m0/s1. The van der Waals surface area contributed by atoms with Gasteiger partial charge in [-0.25, -0.2) is 9.78 Å². The van der Waals surface area contributed by atoms with Gasteiger partial charge < -0.3 is 9.30 Å². The number of carbonyl (C=O) groups is 1. The van der Waals surface area contributed by atoms with Crippen molar-refractivity contribution in [3.8, 4) is 0 Å². The summed E-state index contributed by atoms with van der Waals surface area (Å²) in [5.41, 5.74) is 0. The predicted octanol–water partition coefficient (Wildman–Crippen LogP) is 1.64. The van der Waals surface area contributed by atoms with Crippen molar-refractivity contribution in [1.82, 2.24) is 9.55 Å². The van der Waals surface area contributed by atoms with Gasteiger partial charge in [0.15, 0.2) is 0 Å². The van der Waals surface area contributed by atoms with E-state index in [2.05, 4.69) is 18.8 Å². The van der Waals surface area contributed by atoms with Crippen molar-refractivity contribution in [3.63, 3.8) is 0 Å². The van der Waals surface area contributed by atoms with Crippen molar-refractivity contribution >= 4 is 5.97 Å². The summed E-state index contributed by atoms with van der Waals surface area (Å²) in [5, 5.41) is 0. The van der Waals surface area contributed by atoms with Gasteiger partial charge in [0.1, 0.15) is 6.04 Å². The van der Waals surface area contributed by atoms with E-state index in [-0.39, 0.29) is 12.0 Å².